The van der Waals surface area contributed by atoms with Gasteiger partial charge in [0.15, 0.2) is 5.76 Å². The molecule has 2 saturated heterocycles. The SMILES string of the molecule is O=C(Nc1ccc(-c2cnc(-c3ccc(NC(=O)[C@@H]4CCCN4C(=O)C4CCC4)cc3)o2)cc1)[C@@H]1CCCN1C(=O)C1CCC1. The van der Waals surface area contributed by atoms with Gasteiger partial charge >= 0.3 is 0 Å². The first-order chi connectivity index (χ1) is 21.9. The Morgan fingerprint density at radius 1 is 0.622 bits per heavy atom. The van der Waals surface area contributed by atoms with Crippen molar-refractivity contribution in [2.24, 2.45) is 11.8 Å². The lowest BCUT2D eigenvalue weighted by atomic mass is 9.84. The Labute approximate surface area is 262 Å². The number of nitrogens with zero attached hydrogens (tertiary/aromatic N) is 3. The third kappa shape index (κ3) is 5.98. The number of aromatic nitrogens is 1. The molecule has 0 unspecified atom stereocenters. The van der Waals surface area contributed by atoms with Crippen LogP contribution >= 0.6 is 0 Å². The smallest absolute Gasteiger partial charge is 0.247 e. The van der Waals surface area contributed by atoms with E-state index >= 15 is 0 Å². The van der Waals surface area contributed by atoms with Crippen LogP contribution in [0.25, 0.3) is 22.8 Å². The van der Waals surface area contributed by atoms with Gasteiger partial charge in [-0.3, -0.25) is 19.2 Å². The fraction of sp³-hybridized carbons (Fsp3) is 0.457. The predicted octanol–water partition coefficient (Wildman–Crippen LogP) is 5.47. The Kier molecular flexibility index (Phi) is 8.12. The number of rotatable bonds is 8. The number of benzene rings is 2. The Hall–Kier alpha value is -4.47. The molecule has 234 valence electrons. The van der Waals surface area contributed by atoms with Crippen LogP contribution in [-0.4, -0.2) is 63.6 Å². The van der Waals surface area contributed by atoms with Crippen LogP contribution in [0.1, 0.15) is 64.2 Å². The molecule has 10 heteroatoms. The van der Waals surface area contributed by atoms with Crippen molar-refractivity contribution in [3.05, 3.63) is 54.7 Å². The van der Waals surface area contributed by atoms with Gasteiger partial charge in [0.1, 0.15) is 12.1 Å². The van der Waals surface area contributed by atoms with Crippen LogP contribution < -0.4 is 10.6 Å². The maximum Gasteiger partial charge on any atom is 0.247 e. The fourth-order valence-corrected chi connectivity index (χ4v) is 6.79. The molecule has 2 aliphatic heterocycles. The summed E-state index contributed by atoms with van der Waals surface area (Å²) >= 11 is 0. The summed E-state index contributed by atoms with van der Waals surface area (Å²) < 4.78 is 6.04. The molecule has 45 heavy (non-hydrogen) atoms. The van der Waals surface area contributed by atoms with E-state index in [1.807, 2.05) is 48.5 Å². The van der Waals surface area contributed by atoms with Crippen molar-refractivity contribution < 1.29 is 23.6 Å². The zero-order valence-electron chi connectivity index (χ0n) is 25.4. The van der Waals surface area contributed by atoms with Crippen molar-refractivity contribution >= 4 is 35.0 Å². The third-order valence-corrected chi connectivity index (χ3v) is 9.93. The molecule has 0 radical (unpaired) electrons. The molecule has 1 aromatic heterocycles. The van der Waals surface area contributed by atoms with Crippen molar-refractivity contribution in [3.63, 3.8) is 0 Å². The minimum atomic E-state index is -0.412. The van der Waals surface area contributed by atoms with Crippen LogP contribution in [0.5, 0.6) is 0 Å². The molecule has 2 N–H and O–H groups in total. The van der Waals surface area contributed by atoms with Crippen LogP contribution in [-0.2, 0) is 19.2 Å². The Morgan fingerprint density at radius 2 is 1.09 bits per heavy atom. The molecule has 7 rings (SSSR count). The van der Waals surface area contributed by atoms with E-state index in [4.69, 9.17) is 4.42 Å². The van der Waals surface area contributed by atoms with Crippen LogP contribution in [0.2, 0.25) is 0 Å². The average molecular weight is 610 g/mol. The molecule has 3 aromatic rings. The van der Waals surface area contributed by atoms with Gasteiger partial charge in [-0.1, -0.05) is 12.8 Å². The molecule has 2 aliphatic carbocycles. The van der Waals surface area contributed by atoms with E-state index in [-0.39, 0.29) is 35.5 Å². The summed E-state index contributed by atoms with van der Waals surface area (Å²) in [7, 11) is 0. The highest BCUT2D eigenvalue weighted by atomic mass is 16.4. The molecule has 2 atom stereocenters. The lowest BCUT2D eigenvalue weighted by molar-refractivity contribution is -0.142. The second-order valence-corrected chi connectivity index (χ2v) is 12.8. The number of oxazole rings is 1. The molecule has 4 fully saturated rings. The molecule has 2 saturated carbocycles. The Bertz CT molecular complexity index is 1460. The summed E-state index contributed by atoms with van der Waals surface area (Å²) in [6.07, 6.45) is 10.7. The van der Waals surface area contributed by atoms with Gasteiger partial charge in [0.25, 0.3) is 0 Å². The minimum absolute atomic E-state index is 0.0873. The topological polar surface area (TPSA) is 125 Å². The monoisotopic (exact) mass is 609 g/mol. The molecule has 10 nitrogen and oxygen atoms in total. The van der Waals surface area contributed by atoms with Crippen molar-refractivity contribution in [3.8, 4) is 22.8 Å². The van der Waals surface area contributed by atoms with Crippen LogP contribution in [0.15, 0.2) is 59.1 Å². The van der Waals surface area contributed by atoms with Crippen LogP contribution in [0.3, 0.4) is 0 Å². The number of amides is 4. The van der Waals surface area contributed by atoms with E-state index < -0.39 is 12.1 Å². The first-order valence-corrected chi connectivity index (χ1v) is 16.3. The van der Waals surface area contributed by atoms with Gasteiger partial charge in [-0.25, -0.2) is 4.98 Å². The molecule has 2 aromatic carbocycles. The van der Waals surface area contributed by atoms with Gasteiger partial charge in [0.05, 0.1) is 6.20 Å². The van der Waals surface area contributed by atoms with E-state index in [0.717, 1.165) is 62.5 Å². The van der Waals surface area contributed by atoms with E-state index in [1.165, 1.54) is 0 Å². The highest BCUT2D eigenvalue weighted by Gasteiger charge is 2.40. The molecular weight excluding hydrogens is 570 g/mol. The number of nitrogens with one attached hydrogen (secondary N) is 2. The minimum Gasteiger partial charge on any atom is -0.436 e. The van der Waals surface area contributed by atoms with Gasteiger partial charge in [-0.15, -0.1) is 0 Å². The summed E-state index contributed by atoms with van der Waals surface area (Å²) in [6.45, 7) is 1.30. The van der Waals surface area contributed by atoms with E-state index in [9.17, 15) is 19.2 Å². The molecule has 0 bridgehead atoms. The van der Waals surface area contributed by atoms with E-state index in [2.05, 4.69) is 15.6 Å². The van der Waals surface area contributed by atoms with Crippen molar-refractivity contribution in [2.45, 2.75) is 76.3 Å². The quantitative estimate of drug-likeness (QED) is 0.349. The maximum absolute atomic E-state index is 13.0. The first kappa shape index (κ1) is 29.3. The number of carbonyl (C=O) groups excluding carboxylic acids is 4. The molecule has 4 amide bonds. The van der Waals surface area contributed by atoms with E-state index in [0.29, 0.717) is 49.0 Å². The van der Waals surface area contributed by atoms with E-state index in [1.54, 1.807) is 16.0 Å². The van der Waals surface area contributed by atoms with Crippen LogP contribution in [0, 0.1) is 11.8 Å². The molecule has 0 spiro atoms. The maximum atomic E-state index is 13.0. The standard InChI is InChI=1S/C35H39N5O5/c41-31(28-9-3-19-39(28)34(43)24-5-1-6-24)37-26-15-11-22(12-16-26)30-21-36-33(45-30)23-13-17-27(18-14-23)38-32(42)29-10-4-20-40(29)35(44)25-7-2-8-25/h11-18,21,24-25,28-29H,1-10,19-20H2,(H,37,41)(H,38,42)/t28-,29-/m0/s1. The average Bonchev–Trinajstić information content (AvgIpc) is 3.77. The van der Waals surface area contributed by atoms with Gasteiger partial charge in [0, 0.05) is 47.4 Å². The van der Waals surface area contributed by atoms with Gasteiger partial charge in [-0.05, 0) is 99.9 Å². The lowest BCUT2D eigenvalue weighted by Crippen LogP contribution is -2.46. The summed E-state index contributed by atoms with van der Waals surface area (Å²) in [5.41, 5.74) is 2.90. The van der Waals surface area contributed by atoms with Gasteiger partial charge in [0.2, 0.25) is 29.5 Å². The van der Waals surface area contributed by atoms with Gasteiger partial charge < -0.3 is 24.9 Å². The summed E-state index contributed by atoms with van der Waals surface area (Å²) in [4.78, 5) is 59.6. The third-order valence-electron chi connectivity index (χ3n) is 9.93. The molecular formula is C35H39N5O5. The van der Waals surface area contributed by atoms with Crippen molar-refractivity contribution in [2.75, 3.05) is 23.7 Å². The second-order valence-electron chi connectivity index (χ2n) is 12.8. The first-order valence-electron chi connectivity index (χ1n) is 16.3. The normalized spacial score (nSPS) is 21.7. The zero-order chi connectivity index (χ0) is 30.9. The second kappa shape index (κ2) is 12.5. The van der Waals surface area contributed by atoms with Gasteiger partial charge in [-0.2, -0.15) is 0 Å². The van der Waals surface area contributed by atoms with Crippen molar-refractivity contribution in [1.82, 2.24) is 14.8 Å². The fourth-order valence-electron chi connectivity index (χ4n) is 6.79. The number of carbonyl (C=O) groups is 4. The zero-order valence-corrected chi connectivity index (χ0v) is 25.4. The lowest BCUT2D eigenvalue weighted by Gasteiger charge is -2.32. The largest absolute Gasteiger partial charge is 0.436 e. The summed E-state index contributed by atoms with van der Waals surface area (Å²) in [5, 5.41) is 5.95. The number of likely N-dealkylation sites (tertiary alicyclic amines) is 2. The van der Waals surface area contributed by atoms with Crippen LogP contribution in [0.4, 0.5) is 11.4 Å². The Morgan fingerprint density at radius 3 is 1.53 bits per heavy atom. The summed E-state index contributed by atoms with van der Waals surface area (Å²) in [6, 6.07) is 13.9. The number of hydrogen-bond donors (Lipinski definition) is 2. The summed E-state index contributed by atoms with van der Waals surface area (Å²) in [5.74, 6) is 1.18. The highest BCUT2D eigenvalue weighted by molar-refractivity contribution is 5.99. The number of anilines is 2. The van der Waals surface area contributed by atoms with Crippen molar-refractivity contribution in [1.29, 1.82) is 0 Å². The Balaban J connectivity index is 0.944. The number of hydrogen-bond acceptors (Lipinski definition) is 6. The highest BCUT2D eigenvalue weighted by Crippen LogP contribution is 2.33. The predicted molar refractivity (Wildman–Crippen MR) is 169 cm³/mol. The molecule has 3 heterocycles. The molecule has 4 aliphatic rings.